The molecule has 0 aromatic heterocycles. The molecule has 0 amide bonds. The molecule has 0 aliphatic carbocycles. The van der Waals surface area contributed by atoms with Crippen molar-refractivity contribution in [1.29, 1.82) is 0 Å². The first-order chi connectivity index (χ1) is 8.27. The van der Waals surface area contributed by atoms with Gasteiger partial charge in [0, 0.05) is 39.3 Å². The van der Waals surface area contributed by atoms with Gasteiger partial charge < -0.3 is 15.1 Å². The highest BCUT2D eigenvalue weighted by Crippen LogP contribution is 2.48. The van der Waals surface area contributed by atoms with Gasteiger partial charge in [-0.1, -0.05) is 6.92 Å². The van der Waals surface area contributed by atoms with Gasteiger partial charge in [0.25, 0.3) is 0 Å². The van der Waals surface area contributed by atoms with E-state index in [0.717, 1.165) is 11.8 Å². The van der Waals surface area contributed by atoms with E-state index in [1.165, 1.54) is 58.7 Å². The summed E-state index contributed by atoms with van der Waals surface area (Å²) in [5.41, 5.74) is 0.606. The average molecular weight is 237 g/mol. The van der Waals surface area contributed by atoms with Crippen molar-refractivity contribution < 1.29 is 0 Å². The lowest BCUT2D eigenvalue weighted by Crippen LogP contribution is -2.60. The van der Waals surface area contributed by atoms with Crippen molar-refractivity contribution >= 4 is 0 Å². The molecule has 4 bridgehead atoms. The molecule has 4 rings (SSSR count). The van der Waals surface area contributed by atoms with E-state index in [4.69, 9.17) is 0 Å². The number of nitrogens with zero attached hydrogens (tertiary/aromatic N) is 2. The number of nitrogens with one attached hydrogen (secondary N) is 1. The van der Waals surface area contributed by atoms with Crippen molar-refractivity contribution in [3.05, 3.63) is 0 Å². The highest BCUT2D eigenvalue weighted by molar-refractivity contribution is 5.04. The zero-order valence-corrected chi connectivity index (χ0v) is 11.4. The van der Waals surface area contributed by atoms with Gasteiger partial charge in [0.2, 0.25) is 0 Å². The van der Waals surface area contributed by atoms with Gasteiger partial charge in [0.05, 0.1) is 0 Å². The van der Waals surface area contributed by atoms with Crippen LogP contribution >= 0.6 is 0 Å². The van der Waals surface area contributed by atoms with Gasteiger partial charge in [-0.2, -0.15) is 0 Å². The number of fused-ring (bicyclic) bond motifs is 1. The monoisotopic (exact) mass is 237 g/mol. The Balaban J connectivity index is 1.84. The third kappa shape index (κ3) is 1.92. The molecule has 3 unspecified atom stereocenters. The SMILES string of the molecule is CCC12CN3CCN(CC(C3)C1CCNC)C2. The van der Waals surface area contributed by atoms with Gasteiger partial charge in [-0.05, 0) is 43.7 Å². The van der Waals surface area contributed by atoms with E-state index >= 15 is 0 Å². The Morgan fingerprint density at radius 1 is 1.18 bits per heavy atom. The molecule has 4 saturated heterocycles. The maximum absolute atomic E-state index is 3.36. The van der Waals surface area contributed by atoms with Crippen LogP contribution in [0.15, 0.2) is 0 Å². The van der Waals surface area contributed by atoms with Gasteiger partial charge in [-0.15, -0.1) is 0 Å². The van der Waals surface area contributed by atoms with Crippen molar-refractivity contribution in [2.24, 2.45) is 17.3 Å². The molecule has 4 fully saturated rings. The first-order valence-electron chi connectivity index (χ1n) is 7.37. The molecule has 3 nitrogen and oxygen atoms in total. The van der Waals surface area contributed by atoms with Crippen LogP contribution in [-0.2, 0) is 0 Å². The summed E-state index contributed by atoms with van der Waals surface area (Å²) in [7, 11) is 2.09. The maximum Gasteiger partial charge on any atom is 0.0110 e. The second kappa shape index (κ2) is 4.52. The second-order valence-corrected chi connectivity index (χ2v) is 6.44. The first-order valence-corrected chi connectivity index (χ1v) is 7.37. The zero-order valence-electron chi connectivity index (χ0n) is 11.4. The van der Waals surface area contributed by atoms with E-state index in [-0.39, 0.29) is 0 Å². The predicted octanol–water partition coefficient (Wildman–Crippen LogP) is 0.870. The summed E-state index contributed by atoms with van der Waals surface area (Å²) in [6.07, 6.45) is 2.75. The fourth-order valence-electron chi connectivity index (χ4n) is 4.73. The minimum absolute atomic E-state index is 0.606. The standard InChI is InChI=1S/C14H27N3/c1-3-14-10-16-6-7-17(11-14)9-12(8-16)13(14)4-5-15-2/h12-13,15H,3-11H2,1-2H3. The summed E-state index contributed by atoms with van der Waals surface area (Å²) in [5.74, 6) is 1.90. The molecule has 3 atom stereocenters. The molecule has 4 aliphatic heterocycles. The van der Waals surface area contributed by atoms with E-state index in [1.807, 2.05) is 0 Å². The van der Waals surface area contributed by atoms with Crippen LogP contribution in [0, 0.1) is 17.3 Å². The lowest BCUT2D eigenvalue weighted by Gasteiger charge is -2.55. The van der Waals surface area contributed by atoms with Crippen LogP contribution in [0.4, 0.5) is 0 Å². The summed E-state index contributed by atoms with van der Waals surface area (Å²) in [6.45, 7) is 11.7. The molecule has 1 N–H and O–H groups in total. The maximum atomic E-state index is 3.36. The Kier molecular flexibility index (Phi) is 3.18. The third-order valence-electron chi connectivity index (χ3n) is 5.56. The summed E-state index contributed by atoms with van der Waals surface area (Å²) in [5, 5.41) is 3.36. The first kappa shape index (κ1) is 11.9. The molecule has 0 aromatic carbocycles. The fraction of sp³-hybridized carbons (Fsp3) is 1.00. The van der Waals surface area contributed by atoms with Crippen molar-refractivity contribution in [2.75, 3.05) is 52.9 Å². The van der Waals surface area contributed by atoms with E-state index in [9.17, 15) is 0 Å². The molecule has 4 heterocycles. The largest absolute Gasteiger partial charge is 0.320 e. The summed E-state index contributed by atoms with van der Waals surface area (Å²) >= 11 is 0. The van der Waals surface area contributed by atoms with Crippen LogP contribution in [0.2, 0.25) is 0 Å². The Bertz CT molecular complexity index is 263. The lowest BCUT2D eigenvalue weighted by molar-refractivity contribution is -0.0639. The topological polar surface area (TPSA) is 18.5 Å². The van der Waals surface area contributed by atoms with Crippen LogP contribution in [-0.4, -0.2) is 62.7 Å². The van der Waals surface area contributed by atoms with E-state index in [0.29, 0.717) is 5.41 Å². The molecular weight excluding hydrogens is 210 g/mol. The third-order valence-corrected chi connectivity index (χ3v) is 5.56. The van der Waals surface area contributed by atoms with Crippen molar-refractivity contribution in [1.82, 2.24) is 15.1 Å². The van der Waals surface area contributed by atoms with Crippen molar-refractivity contribution in [2.45, 2.75) is 19.8 Å². The van der Waals surface area contributed by atoms with Crippen LogP contribution in [0.25, 0.3) is 0 Å². The van der Waals surface area contributed by atoms with Gasteiger partial charge in [0.15, 0.2) is 0 Å². The molecule has 4 aliphatic rings. The Hall–Kier alpha value is -0.120. The minimum atomic E-state index is 0.606. The Labute approximate surface area is 106 Å². The molecule has 0 saturated carbocycles. The number of piperidine rings is 2. The number of hydrogen-bond acceptors (Lipinski definition) is 3. The van der Waals surface area contributed by atoms with Gasteiger partial charge in [-0.3, -0.25) is 0 Å². The molecule has 0 radical (unpaired) electrons. The van der Waals surface area contributed by atoms with Crippen LogP contribution in [0.3, 0.4) is 0 Å². The Morgan fingerprint density at radius 2 is 1.82 bits per heavy atom. The number of rotatable bonds is 4. The lowest BCUT2D eigenvalue weighted by atomic mass is 9.61. The molecule has 3 heteroatoms. The number of hydrogen-bond donors (Lipinski definition) is 1. The normalized spacial score (nSPS) is 48.4. The van der Waals surface area contributed by atoms with E-state index in [2.05, 4.69) is 29.1 Å². The molecule has 98 valence electrons. The summed E-state index contributed by atoms with van der Waals surface area (Å²) in [6, 6.07) is 0. The highest BCUT2D eigenvalue weighted by Gasteiger charge is 2.52. The summed E-state index contributed by atoms with van der Waals surface area (Å²) < 4.78 is 0. The van der Waals surface area contributed by atoms with Crippen LogP contribution in [0.1, 0.15) is 19.8 Å². The zero-order chi connectivity index (χ0) is 11.9. The van der Waals surface area contributed by atoms with E-state index < -0.39 is 0 Å². The van der Waals surface area contributed by atoms with Gasteiger partial charge in [0.1, 0.15) is 0 Å². The smallest absolute Gasteiger partial charge is 0.0110 e. The molecule has 0 spiro atoms. The van der Waals surface area contributed by atoms with Gasteiger partial charge >= 0.3 is 0 Å². The quantitative estimate of drug-likeness (QED) is 0.783. The fourth-order valence-corrected chi connectivity index (χ4v) is 4.73. The second-order valence-electron chi connectivity index (χ2n) is 6.44. The predicted molar refractivity (Wildman–Crippen MR) is 71.1 cm³/mol. The molecular formula is C14H27N3. The van der Waals surface area contributed by atoms with E-state index in [1.54, 1.807) is 0 Å². The Morgan fingerprint density at radius 3 is 2.35 bits per heavy atom. The minimum Gasteiger partial charge on any atom is -0.320 e. The highest BCUT2D eigenvalue weighted by atomic mass is 15.3. The van der Waals surface area contributed by atoms with Crippen LogP contribution in [0.5, 0.6) is 0 Å². The van der Waals surface area contributed by atoms with Crippen LogP contribution < -0.4 is 5.32 Å². The summed E-state index contributed by atoms with van der Waals surface area (Å²) in [4.78, 5) is 5.49. The molecule has 0 aromatic rings. The van der Waals surface area contributed by atoms with Crippen molar-refractivity contribution in [3.8, 4) is 0 Å². The average Bonchev–Trinajstić information content (AvgIpc) is 2.57. The van der Waals surface area contributed by atoms with Crippen molar-refractivity contribution in [3.63, 3.8) is 0 Å². The molecule has 17 heavy (non-hydrogen) atoms. The van der Waals surface area contributed by atoms with Gasteiger partial charge in [-0.25, -0.2) is 0 Å².